The third-order valence-corrected chi connectivity index (χ3v) is 2.73. The summed E-state index contributed by atoms with van der Waals surface area (Å²) in [5.41, 5.74) is 0.734. The Morgan fingerprint density at radius 3 is 3.00 bits per heavy atom. The molecule has 76 valence electrons. The van der Waals surface area contributed by atoms with Gasteiger partial charge in [0.25, 0.3) is 0 Å². The van der Waals surface area contributed by atoms with Crippen LogP contribution < -0.4 is 5.32 Å². The second kappa shape index (κ2) is 3.96. The van der Waals surface area contributed by atoms with Crippen molar-refractivity contribution in [1.29, 1.82) is 0 Å². The molecule has 0 saturated carbocycles. The molecule has 1 heterocycles. The summed E-state index contributed by atoms with van der Waals surface area (Å²) in [6.45, 7) is 1.85. The van der Waals surface area contributed by atoms with E-state index in [9.17, 15) is 9.50 Å². The Balaban J connectivity index is 2.24. The summed E-state index contributed by atoms with van der Waals surface area (Å²) in [7, 11) is 0. The average molecular weight is 195 g/mol. The average Bonchev–Trinajstić information content (AvgIpc) is 2.23. The quantitative estimate of drug-likeness (QED) is 0.718. The number of rotatable bonds is 1. The molecule has 1 fully saturated rings. The lowest BCUT2D eigenvalue weighted by molar-refractivity contribution is 0.423. The van der Waals surface area contributed by atoms with Crippen molar-refractivity contribution in [1.82, 2.24) is 5.32 Å². The van der Waals surface area contributed by atoms with Crippen molar-refractivity contribution in [3.05, 3.63) is 29.6 Å². The lowest BCUT2D eigenvalue weighted by atomic mass is 9.91. The molecule has 14 heavy (non-hydrogen) atoms. The smallest absolute Gasteiger partial charge is 0.123 e. The predicted molar refractivity (Wildman–Crippen MR) is 52.9 cm³/mol. The number of aromatic hydroxyl groups is 1. The van der Waals surface area contributed by atoms with Gasteiger partial charge in [-0.1, -0.05) is 0 Å². The van der Waals surface area contributed by atoms with Crippen LogP contribution in [0.4, 0.5) is 4.39 Å². The first-order valence-electron chi connectivity index (χ1n) is 4.96. The van der Waals surface area contributed by atoms with Crippen LogP contribution in [0.5, 0.6) is 5.75 Å². The SMILES string of the molecule is Oc1ccc(F)cc1[C@H]1CCCNC1. The van der Waals surface area contributed by atoms with Crippen LogP contribution in [0.25, 0.3) is 0 Å². The number of piperidine rings is 1. The molecule has 0 aliphatic carbocycles. The van der Waals surface area contributed by atoms with Gasteiger partial charge in [0.2, 0.25) is 0 Å². The Morgan fingerprint density at radius 2 is 2.29 bits per heavy atom. The van der Waals surface area contributed by atoms with E-state index in [1.54, 1.807) is 0 Å². The topological polar surface area (TPSA) is 32.3 Å². The Morgan fingerprint density at radius 1 is 1.43 bits per heavy atom. The van der Waals surface area contributed by atoms with Gasteiger partial charge in [-0.2, -0.15) is 0 Å². The van der Waals surface area contributed by atoms with Crippen LogP contribution in [0.15, 0.2) is 18.2 Å². The van der Waals surface area contributed by atoms with Crippen LogP contribution in [-0.2, 0) is 0 Å². The van der Waals surface area contributed by atoms with Crippen LogP contribution in [0.3, 0.4) is 0 Å². The van der Waals surface area contributed by atoms with Crippen LogP contribution >= 0.6 is 0 Å². The molecule has 3 heteroatoms. The van der Waals surface area contributed by atoms with E-state index in [1.165, 1.54) is 18.2 Å². The normalized spacial score (nSPS) is 22.2. The van der Waals surface area contributed by atoms with Crippen molar-refractivity contribution in [2.45, 2.75) is 18.8 Å². The minimum atomic E-state index is -0.275. The highest BCUT2D eigenvalue weighted by atomic mass is 19.1. The molecule has 2 N–H and O–H groups in total. The van der Waals surface area contributed by atoms with Gasteiger partial charge in [-0.15, -0.1) is 0 Å². The number of phenolic OH excluding ortho intramolecular Hbond substituents is 1. The fraction of sp³-hybridized carbons (Fsp3) is 0.455. The zero-order valence-electron chi connectivity index (χ0n) is 7.96. The molecule has 1 aliphatic heterocycles. The first kappa shape index (κ1) is 9.46. The summed E-state index contributed by atoms with van der Waals surface area (Å²) in [6.07, 6.45) is 2.10. The highest BCUT2D eigenvalue weighted by molar-refractivity contribution is 5.36. The van der Waals surface area contributed by atoms with Crippen molar-refractivity contribution in [3.8, 4) is 5.75 Å². The van der Waals surface area contributed by atoms with Gasteiger partial charge in [-0.25, -0.2) is 4.39 Å². The van der Waals surface area contributed by atoms with Crippen molar-refractivity contribution in [3.63, 3.8) is 0 Å². The van der Waals surface area contributed by atoms with Gasteiger partial charge >= 0.3 is 0 Å². The minimum absolute atomic E-state index is 0.208. The largest absolute Gasteiger partial charge is 0.508 e. The number of hydrogen-bond donors (Lipinski definition) is 2. The number of phenols is 1. The molecule has 0 radical (unpaired) electrons. The molecule has 1 saturated heterocycles. The van der Waals surface area contributed by atoms with E-state index in [0.29, 0.717) is 0 Å². The maximum Gasteiger partial charge on any atom is 0.123 e. The maximum absolute atomic E-state index is 13.0. The van der Waals surface area contributed by atoms with E-state index in [1.807, 2.05) is 0 Å². The van der Waals surface area contributed by atoms with Crippen molar-refractivity contribution in [2.75, 3.05) is 13.1 Å². The van der Waals surface area contributed by atoms with Crippen LogP contribution in [-0.4, -0.2) is 18.2 Å². The maximum atomic E-state index is 13.0. The van der Waals surface area contributed by atoms with E-state index in [-0.39, 0.29) is 17.5 Å². The predicted octanol–water partition coefficient (Wildman–Crippen LogP) is 2.00. The third-order valence-electron chi connectivity index (χ3n) is 2.73. The van der Waals surface area contributed by atoms with E-state index in [4.69, 9.17) is 0 Å². The third kappa shape index (κ3) is 1.87. The highest BCUT2D eigenvalue weighted by Crippen LogP contribution is 2.30. The van der Waals surface area contributed by atoms with Gasteiger partial charge in [0.1, 0.15) is 11.6 Å². The summed E-state index contributed by atoms with van der Waals surface area (Å²) in [6, 6.07) is 4.15. The van der Waals surface area contributed by atoms with Crippen molar-refractivity contribution < 1.29 is 9.50 Å². The second-order valence-corrected chi connectivity index (χ2v) is 3.75. The Hall–Kier alpha value is -1.09. The van der Waals surface area contributed by atoms with Crippen LogP contribution in [0, 0.1) is 5.82 Å². The molecule has 2 nitrogen and oxygen atoms in total. The Kier molecular flexibility index (Phi) is 2.68. The van der Waals surface area contributed by atoms with Gasteiger partial charge in [-0.3, -0.25) is 0 Å². The first-order valence-corrected chi connectivity index (χ1v) is 4.96. The Bertz CT molecular complexity index is 321. The highest BCUT2D eigenvalue weighted by Gasteiger charge is 2.18. The van der Waals surface area contributed by atoms with Crippen LogP contribution in [0.2, 0.25) is 0 Å². The summed E-state index contributed by atoms with van der Waals surface area (Å²) < 4.78 is 13.0. The molecule has 0 amide bonds. The molecular formula is C11H14FNO. The zero-order valence-corrected chi connectivity index (χ0v) is 7.96. The Labute approximate surface area is 82.8 Å². The molecule has 2 rings (SSSR count). The summed E-state index contributed by atoms with van der Waals surface area (Å²) in [4.78, 5) is 0. The lowest BCUT2D eigenvalue weighted by Gasteiger charge is -2.23. The summed E-state index contributed by atoms with van der Waals surface area (Å²) in [5, 5.41) is 12.8. The molecule has 1 aliphatic rings. The minimum Gasteiger partial charge on any atom is -0.508 e. The molecule has 1 aromatic carbocycles. The van der Waals surface area contributed by atoms with Gasteiger partial charge in [0.05, 0.1) is 0 Å². The van der Waals surface area contributed by atoms with Gasteiger partial charge in [0, 0.05) is 18.0 Å². The number of benzene rings is 1. The number of nitrogens with one attached hydrogen (secondary N) is 1. The molecule has 1 atom stereocenters. The lowest BCUT2D eigenvalue weighted by Crippen LogP contribution is -2.28. The van der Waals surface area contributed by atoms with E-state index < -0.39 is 0 Å². The first-order chi connectivity index (χ1) is 6.77. The van der Waals surface area contributed by atoms with E-state index in [0.717, 1.165) is 31.5 Å². The molecule has 0 unspecified atom stereocenters. The second-order valence-electron chi connectivity index (χ2n) is 3.75. The zero-order chi connectivity index (χ0) is 9.97. The number of hydrogen-bond acceptors (Lipinski definition) is 2. The van der Waals surface area contributed by atoms with Gasteiger partial charge < -0.3 is 10.4 Å². The molecule has 0 bridgehead atoms. The van der Waals surface area contributed by atoms with Crippen LogP contribution in [0.1, 0.15) is 24.3 Å². The van der Waals surface area contributed by atoms with Gasteiger partial charge in [-0.05, 0) is 37.6 Å². The molecule has 1 aromatic rings. The molecule has 0 aromatic heterocycles. The van der Waals surface area contributed by atoms with Gasteiger partial charge in [0.15, 0.2) is 0 Å². The fourth-order valence-electron chi connectivity index (χ4n) is 1.97. The standard InChI is InChI=1S/C11H14FNO/c12-9-3-4-11(14)10(6-9)8-2-1-5-13-7-8/h3-4,6,8,13-14H,1-2,5,7H2/t8-/m0/s1. The van der Waals surface area contributed by atoms with E-state index in [2.05, 4.69) is 5.32 Å². The van der Waals surface area contributed by atoms with Crippen molar-refractivity contribution in [2.24, 2.45) is 0 Å². The van der Waals surface area contributed by atoms with Crippen molar-refractivity contribution >= 4 is 0 Å². The summed E-state index contributed by atoms with van der Waals surface area (Å²) >= 11 is 0. The fourth-order valence-corrected chi connectivity index (χ4v) is 1.97. The van der Waals surface area contributed by atoms with E-state index >= 15 is 0 Å². The molecular weight excluding hydrogens is 181 g/mol. The summed E-state index contributed by atoms with van der Waals surface area (Å²) in [5.74, 6) is 0.183. The monoisotopic (exact) mass is 195 g/mol. The molecule has 0 spiro atoms. The number of halogens is 1.